The molecule has 82 valence electrons. The molecule has 0 heterocycles. The molecule has 0 fully saturated rings. The van der Waals surface area contributed by atoms with Gasteiger partial charge >= 0.3 is 0 Å². The molecule has 0 spiro atoms. The van der Waals surface area contributed by atoms with Crippen molar-refractivity contribution in [1.29, 1.82) is 0 Å². The van der Waals surface area contributed by atoms with Crippen LogP contribution in [-0.2, 0) is 4.79 Å². The van der Waals surface area contributed by atoms with Crippen molar-refractivity contribution in [2.45, 2.75) is 37.9 Å². The molecule has 0 aliphatic rings. The van der Waals surface area contributed by atoms with Gasteiger partial charge < -0.3 is 4.90 Å². The first-order valence-corrected chi connectivity index (χ1v) is 6.08. The summed E-state index contributed by atoms with van der Waals surface area (Å²) < 4.78 is 0. The molecule has 0 saturated carbocycles. The summed E-state index contributed by atoms with van der Waals surface area (Å²) in [6.45, 7) is 9.17. The van der Waals surface area contributed by atoms with Crippen molar-refractivity contribution in [3.63, 3.8) is 0 Å². The summed E-state index contributed by atoms with van der Waals surface area (Å²) in [5, 5.41) is 0. The van der Waals surface area contributed by atoms with E-state index in [2.05, 4.69) is 29.4 Å². The molecule has 1 atom stereocenters. The lowest BCUT2D eigenvalue weighted by Crippen LogP contribution is -2.36. The number of nitrogens with zero attached hydrogens (tertiary/aromatic N) is 1. The van der Waals surface area contributed by atoms with E-state index in [-0.39, 0.29) is 10.7 Å². The fourth-order valence-electron chi connectivity index (χ4n) is 1.25. The highest BCUT2D eigenvalue weighted by molar-refractivity contribution is 9.10. The molecule has 0 bridgehead atoms. The van der Waals surface area contributed by atoms with Gasteiger partial charge in [0.25, 0.3) is 0 Å². The van der Waals surface area contributed by atoms with Gasteiger partial charge in [0.1, 0.15) is 0 Å². The SMILES string of the molecule is C=CCN(CCCCC)C(=O)C(C)Br. The molecule has 0 saturated heterocycles. The first kappa shape index (κ1) is 13.7. The summed E-state index contributed by atoms with van der Waals surface area (Å²) in [5.74, 6) is 0.154. The minimum absolute atomic E-state index is 0.0934. The predicted molar refractivity (Wildman–Crippen MR) is 64.7 cm³/mol. The zero-order valence-corrected chi connectivity index (χ0v) is 10.7. The van der Waals surface area contributed by atoms with E-state index in [1.807, 2.05) is 11.8 Å². The monoisotopic (exact) mass is 261 g/mol. The quantitative estimate of drug-likeness (QED) is 0.392. The number of amides is 1. The second kappa shape index (κ2) is 8.04. The van der Waals surface area contributed by atoms with Crippen molar-refractivity contribution < 1.29 is 4.79 Å². The molecule has 1 amide bonds. The van der Waals surface area contributed by atoms with Gasteiger partial charge in [0.05, 0.1) is 4.83 Å². The van der Waals surface area contributed by atoms with Crippen LogP contribution in [0.15, 0.2) is 12.7 Å². The van der Waals surface area contributed by atoms with E-state index in [1.54, 1.807) is 6.08 Å². The summed E-state index contributed by atoms with van der Waals surface area (Å²) in [5.41, 5.74) is 0. The predicted octanol–water partition coefficient (Wildman–Crippen LogP) is 2.97. The van der Waals surface area contributed by atoms with Gasteiger partial charge in [-0.05, 0) is 13.3 Å². The number of carbonyl (C=O) groups excluding carboxylic acids is 1. The Balaban J connectivity index is 4.00. The van der Waals surface area contributed by atoms with Crippen LogP contribution in [0.5, 0.6) is 0 Å². The fraction of sp³-hybridized carbons (Fsp3) is 0.727. The van der Waals surface area contributed by atoms with E-state index in [9.17, 15) is 4.79 Å². The number of unbranched alkanes of at least 4 members (excludes halogenated alkanes) is 2. The van der Waals surface area contributed by atoms with E-state index in [4.69, 9.17) is 0 Å². The molecule has 3 heteroatoms. The van der Waals surface area contributed by atoms with Crippen molar-refractivity contribution in [3.8, 4) is 0 Å². The van der Waals surface area contributed by atoms with Gasteiger partial charge in [-0.3, -0.25) is 4.79 Å². The topological polar surface area (TPSA) is 20.3 Å². The minimum atomic E-state index is -0.0934. The van der Waals surface area contributed by atoms with Gasteiger partial charge in [0.2, 0.25) is 5.91 Å². The molecule has 1 unspecified atom stereocenters. The van der Waals surface area contributed by atoms with E-state index < -0.39 is 0 Å². The summed E-state index contributed by atoms with van der Waals surface area (Å²) in [6, 6.07) is 0. The third-order valence-electron chi connectivity index (χ3n) is 2.03. The molecular formula is C11H20BrNO. The maximum atomic E-state index is 11.7. The molecule has 2 nitrogen and oxygen atoms in total. The van der Waals surface area contributed by atoms with Gasteiger partial charge in [-0.1, -0.05) is 41.8 Å². The molecule has 0 aromatic carbocycles. The molecule has 0 N–H and O–H groups in total. The summed E-state index contributed by atoms with van der Waals surface area (Å²) >= 11 is 3.29. The van der Waals surface area contributed by atoms with E-state index in [1.165, 1.54) is 12.8 Å². The van der Waals surface area contributed by atoms with Crippen LogP contribution in [0.2, 0.25) is 0 Å². The number of hydrogen-bond donors (Lipinski definition) is 0. The van der Waals surface area contributed by atoms with Crippen molar-refractivity contribution in [2.24, 2.45) is 0 Å². The Kier molecular flexibility index (Phi) is 7.86. The van der Waals surface area contributed by atoms with Gasteiger partial charge in [0.15, 0.2) is 0 Å². The van der Waals surface area contributed by atoms with Crippen LogP contribution >= 0.6 is 15.9 Å². The summed E-state index contributed by atoms with van der Waals surface area (Å²) in [4.78, 5) is 13.4. The number of hydrogen-bond acceptors (Lipinski definition) is 1. The third kappa shape index (κ3) is 5.43. The molecule has 0 aliphatic heterocycles. The minimum Gasteiger partial charge on any atom is -0.338 e. The number of alkyl halides is 1. The Morgan fingerprint density at radius 1 is 1.57 bits per heavy atom. The molecule has 0 radical (unpaired) electrons. The molecule has 0 aromatic heterocycles. The lowest BCUT2D eigenvalue weighted by atomic mass is 10.2. The normalized spacial score (nSPS) is 12.2. The van der Waals surface area contributed by atoms with E-state index >= 15 is 0 Å². The second-order valence-electron chi connectivity index (χ2n) is 3.40. The maximum Gasteiger partial charge on any atom is 0.236 e. The Morgan fingerprint density at radius 2 is 2.21 bits per heavy atom. The van der Waals surface area contributed by atoms with Crippen LogP contribution in [-0.4, -0.2) is 28.7 Å². The molecule has 0 aliphatic carbocycles. The molecule has 0 rings (SSSR count). The zero-order valence-electron chi connectivity index (χ0n) is 9.13. The third-order valence-corrected chi connectivity index (χ3v) is 2.42. The van der Waals surface area contributed by atoms with Gasteiger partial charge in [-0.25, -0.2) is 0 Å². The van der Waals surface area contributed by atoms with Crippen molar-refractivity contribution in [1.82, 2.24) is 4.90 Å². The zero-order chi connectivity index (χ0) is 11.0. The van der Waals surface area contributed by atoms with Gasteiger partial charge in [-0.15, -0.1) is 6.58 Å². The van der Waals surface area contributed by atoms with Crippen LogP contribution in [0.25, 0.3) is 0 Å². The molecule has 0 aromatic rings. The Morgan fingerprint density at radius 3 is 2.64 bits per heavy atom. The van der Waals surface area contributed by atoms with Crippen LogP contribution < -0.4 is 0 Å². The Labute approximate surface area is 95.5 Å². The number of rotatable bonds is 7. The van der Waals surface area contributed by atoms with Crippen molar-refractivity contribution >= 4 is 21.8 Å². The van der Waals surface area contributed by atoms with Gasteiger partial charge in [-0.2, -0.15) is 0 Å². The average Bonchev–Trinajstić information content (AvgIpc) is 2.15. The molecular weight excluding hydrogens is 242 g/mol. The van der Waals surface area contributed by atoms with Crippen molar-refractivity contribution in [2.75, 3.05) is 13.1 Å². The first-order chi connectivity index (χ1) is 6.63. The van der Waals surface area contributed by atoms with Crippen LogP contribution in [0.3, 0.4) is 0 Å². The standard InChI is InChI=1S/C11H20BrNO/c1-4-6-7-9-13(8-5-2)11(14)10(3)12/h5,10H,2,4,6-9H2,1,3H3. The Bertz CT molecular complexity index is 180. The first-order valence-electron chi connectivity index (χ1n) is 5.17. The van der Waals surface area contributed by atoms with Gasteiger partial charge in [0, 0.05) is 13.1 Å². The maximum absolute atomic E-state index is 11.7. The van der Waals surface area contributed by atoms with Crippen LogP contribution in [0.4, 0.5) is 0 Å². The Hall–Kier alpha value is -0.310. The smallest absolute Gasteiger partial charge is 0.236 e. The van der Waals surface area contributed by atoms with Crippen LogP contribution in [0, 0.1) is 0 Å². The number of halogens is 1. The lowest BCUT2D eigenvalue weighted by Gasteiger charge is -2.22. The van der Waals surface area contributed by atoms with E-state index in [0.29, 0.717) is 6.54 Å². The van der Waals surface area contributed by atoms with Crippen molar-refractivity contribution in [3.05, 3.63) is 12.7 Å². The summed E-state index contributed by atoms with van der Waals surface area (Å²) in [7, 11) is 0. The second-order valence-corrected chi connectivity index (χ2v) is 4.77. The lowest BCUT2D eigenvalue weighted by molar-refractivity contribution is -0.129. The highest BCUT2D eigenvalue weighted by Crippen LogP contribution is 2.06. The highest BCUT2D eigenvalue weighted by Gasteiger charge is 2.15. The molecule has 14 heavy (non-hydrogen) atoms. The number of carbonyl (C=O) groups is 1. The van der Waals surface area contributed by atoms with Crippen LogP contribution in [0.1, 0.15) is 33.1 Å². The largest absolute Gasteiger partial charge is 0.338 e. The average molecular weight is 262 g/mol. The fourth-order valence-corrected chi connectivity index (χ4v) is 1.54. The summed E-state index contributed by atoms with van der Waals surface area (Å²) in [6.07, 6.45) is 5.21. The highest BCUT2D eigenvalue weighted by atomic mass is 79.9. The van der Waals surface area contributed by atoms with E-state index in [0.717, 1.165) is 13.0 Å².